The Morgan fingerprint density at radius 1 is 1.33 bits per heavy atom. The van der Waals surface area contributed by atoms with E-state index in [4.69, 9.17) is 9.52 Å². The predicted molar refractivity (Wildman–Crippen MR) is 66.9 cm³/mol. The molecule has 1 amide bonds. The molecule has 0 unspecified atom stereocenters. The Hall–Kier alpha value is -1.78. The number of carbonyl (C=O) groups is 2. The number of carboxylic acid groups (broad SMARTS) is 1. The van der Waals surface area contributed by atoms with Crippen LogP contribution in [0, 0.1) is 0 Å². The maximum absolute atomic E-state index is 12.1. The fourth-order valence-corrected chi connectivity index (χ4v) is 1.81. The first-order valence-electron chi connectivity index (χ1n) is 6.20. The molecule has 5 nitrogen and oxygen atoms in total. The number of amides is 1. The van der Waals surface area contributed by atoms with Crippen LogP contribution < -0.4 is 0 Å². The van der Waals surface area contributed by atoms with E-state index in [1.54, 1.807) is 11.8 Å². The summed E-state index contributed by atoms with van der Waals surface area (Å²) in [6.07, 6.45) is 1.31. The minimum Gasteiger partial charge on any atom is -0.478 e. The van der Waals surface area contributed by atoms with Gasteiger partial charge < -0.3 is 14.4 Å². The number of carbonyl (C=O) groups excluding carboxylic acids is 1. The highest BCUT2D eigenvalue weighted by Gasteiger charge is 2.22. The summed E-state index contributed by atoms with van der Waals surface area (Å²) in [5, 5.41) is 9.01. The summed E-state index contributed by atoms with van der Waals surface area (Å²) in [4.78, 5) is 24.7. The van der Waals surface area contributed by atoms with Crippen LogP contribution in [0.25, 0.3) is 0 Å². The Bertz CT molecular complexity index is 436. The van der Waals surface area contributed by atoms with Crippen molar-refractivity contribution in [2.24, 2.45) is 0 Å². The van der Waals surface area contributed by atoms with Crippen molar-refractivity contribution >= 4 is 11.9 Å². The first-order chi connectivity index (χ1) is 8.54. The third-order valence-electron chi connectivity index (χ3n) is 2.73. The molecule has 5 heteroatoms. The van der Waals surface area contributed by atoms with Crippen LogP contribution in [0.1, 0.15) is 53.9 Å². The molecule has 0 radical (unpaired) electrons. The molecule has 0 aliphatic carbocycles. The van der Waals surface area contributed by atoms with Crippen molar-refractivity contribution in [1.82, 2.24) is 4.90 Å². The maximum atomic E-state index is 12.1. The van der Waals surface area contributed by atoms with Crippen molar-refractivity contribution in [3.63, 3.8) is 0 Å². The highest BCUT2D eigenvalue weighted by molar-refractivity contribution is 5.96. The fourth-order valence-electron chi connectivity index (χ4n) is 1.81. The van der Waals surface area contributed by atoms with Gasteiger partial charge in [-0.15, -0.1) is 0 Å². The van der Waals surface area contributed by atoms with Crippen molar-refractivity contribution in [3.8, 4) is 0 Å². The lowest BCUT2D eigenvalue weighted by Crippen LogP contribution is -2.31. The lowest BCUT2D eigenvalue weighted by atomic mass is 10.2. The summed E-state index contributed by atoms with van der Waals surface area (Å²) in [5.74, 6) is -0.854. The second kappa shape index (κ2) is 6.23. The topological polar surface area (TPSA) is 70.8 Å². The number of nitrogens with zero attached hydrogens (tertiary/aromatic N) is 1. The molecule has 18 heavy (non-hydrogen) atoms. The third kappa shape index (κ3) is 2.91. The minimum atomic E-state index is -1.06. The summed E-state index contributed by atoms with van der Waals surface area (Å²) in [5.41, 5.74) is 0.0772. The van der Waals surface area contributed by atoms with Crippen molar-refractivity contribution < 1.29 is 19.1 Å². The SMILES string of the molecule is CCCN(CC)C(=O)c1cc(C(=O)O)c(CC)o1. The first kappa shape index (κ1) is 14.3. The van der Waals surface area contributed by atoms with Crippen LogP contribution in [-0.4, -0.2) is 35.0 Å². The zero-order valence-electron chi connectivity index (χ0n) is 11.0. The quantitative estimate of drug-likeness (QED) is 0.845. The molecule has 0 atom stereocenters. The highest BCUT2D eigenvalue weighted by atomic mass is 16.4. The zero-order valence-corrected chi connectivity index (χ0v) is 11.0. The number of hydrogen-bond acceptors (Lipinski definition) is 3. The molecule has 0 bridgehead atoms. The second-order valence-electron chi connectivity index (χ2n) is 3.99. The number of aromatic carboxylic acids is 1. The van der Waals surface area contributed by atoms with Crippen LogP contribution in [0.4, 0.5) is 0 Å². The normalized spacial score (nSPS) is 10.4. The number of furan rings is 1. The van der Waals surface area contributed by atoms with Gasteiger partial charge in [0.1, 0.15) is 11.3 Å². The molecular formula is C13H19NO4. The van der Waals surface area contributed by atoms with Crippen LogP contribution in [0.3, 0.4) is 0 Å². The molecule has 0 saturated heterocycles. The lowest BCUT2D eigenvalue weighted by Gasteiger charge is -2.18. The Morgan fingerprint density at radius 3 is 2.39 bits per heavy atom. The number of aryl methyl sites for hydroxylation is 1. The zero-order chi connectivity index (χ0) is 13.7. The van der Waals surface area contributed by atoms with E-state index in [9.17, 15) is 9.59 Å². The largest absolute Gasteiger partial charge is 0.478 e. The molecule has 1 rings (SSSR count). The summed E-state index contributed by atoms with van der Waals surface area (Å²) in [6.45, 7) is 6.88. The van der Waals surface area contributed by atoms with Gasteiger partial charge in [-0.1, -0.05) is 13.8 Å². The van der Waals surface area contributed by atoms with E-state index in [-0.39, 0.29) is 17.2 Å². The Morgan fingerprint density at radius 2 is 2.00 bits per heavy atom. The van der Waals surface area contributed by atoms with Gasteiger partial charge in [-0.2, -0.15) is 0 Å². The Labute approximate surface area is 106 Å². The molecule has 1 aromatic rings. The van der Waals surface area contributed by atoms with E-state index >= 15 is 0 Å². The number of rotatable bonds is 6. The van der Waals surface area contributed by atoms with Gasteiger partial charge >= 0.3 is 5.97 Å². The molecular weight excluding hydrogens is 234 g/mol. The fraction of sp³-hybridized carbons (Fsp3) is 0.538. The molecule has 1 heterocycles. The van der Waals surface area contributed by atoms with Crippen LogP contribution in [0.15, 0.2) is 10.5 Å². The average molecular weight is 253 g/mol. The van der Waals surface area contributed by atoms with E-state index in [2.05, 4.69) is 0 Å². The van der Waals surface area contributed by atoms with Crippen molar-refractivity contribution in [3.05, 3.63) is 23.2 Å². The van der Waals surface area contributed by atoms with E-state index in [1.807, 2.05) is 13.8 Å². The van der Waals surface area contributed by atoms with Gasteiger partial charge in [0.05, 0.1) is 0 Å². The second-order valence-corrected chi connectivity index (χ2v) is 3.99. The van der Waals surface area contributed by atoms with Gasteiger partial charge in [0.25, 0.3) is 5.91 Å². The molecule has 0 aromatic carbocycles. The van der Waals surface area contributed by atoms with Gasteiger partial charge in [-0.3, -0.25) is 4.79 Å². The number of carboxylic acids is 1. The lowest BCUT2D eigenvalue weighted by molar-refractivity contribution is 0.0691. The monoisotopic (exact) mass is 253 g/mol. The van der Waals surface area contributed by atoms with E-state index in [0.29, 0.717) is 25.3 Å². The smallest absolute Gasteiger partial charge is 0.339 e. The average Bonchev–Trinajstić information content (AvgIpc) is 2.79. The van der Waals surface area contributed by atoms with Crippen LogP contribution in [-0.2, 0) is 6.42 Å². The molecule has 100 valence electrons. The molecule has 0 fully saturated rings. The summed E-state index contributed by atoms with van der Waals surface area (Å²) in [7, 11) is 0. The third-order valence-corrected chi connectivity index (χ3v) is 2.73. The molecule has 0 aliphatic rings. The standard InChI is InChI=1S/C13H19NO4/c1-4-7-14(6-3)12(15)11-8-9(13(16)17)10(5-2)18-11/h8H,4-7H2,1-3H3,(H,16,17). The Balaban J connectivity index is 3.02. The van der Waals surface area contributed by atoms with Gasteiger partial charge in [0.15, 0.2) is 5.76 Å². The first-order valence-corrected chi connectivity index (χ1v) is 6.20. The van der Waals surface area contributed by atoms with Gasteiger partial charge in [-0.05, 0) is 13.3 Å². The molecule has 1 aromatic heterocycles. The van der Waals surface area contributed by atoms with E-state index in [1.165, 1.54) is 6.07 Å². The number of hydrogen-bond donors (Lipinski definition) is 1. The van der Waals surface area contributed by atoms with Crippen molar-refractivity contribution in [2.75, 3.05) is 13.1 Å². The van der Waals surface area contributed by atoms with Crippen LogP contribution in [0.2, 0.25) is 0 Å². The molecule has 0 spiro atoms. The minimum absolute atomic E-state index is 0.0772. The molecule has 0 saturated carbocycles. The summed E-state index contributed by atoms with van der Waals surface area (Å²) in [6, 6.07) is 1.32. The van der Waals surface area contributed by atoms with Crippen LogP contribution in [0.5, 0.6) is 0 Å². The predicted octanol–water partition coefficient (Wildman–Crippen LogP) is 2.41. The van der Waals surface area contributed by atoms with Gasteiger partial charge in [0, 0.05) is 25.6 Å². The maximum Gasteiger partial charge on any atom is 0.339 e. The van der Waals surface area contributed by atoms with Crippen molar-refractivity contribution in [1.29, 1.82) is 0 Å². The summed E-state index contributed by atoms with van der Waals surface area (Å²) < 4.78 is 5.34. The van der Waals surface area contributed by atoms with Gasteiger partial charge in [0.2, 0.25) is 0 Å². The summed E-state index contributed by atoms with van der Waals surface area (Å²) >= 11 is 0. The van der Waals surface area contributed by atoms with Crippen LogP contribution >= 0.6 is 0 Å². The molecule has 1 N–H and O–H groups in total. The Kier molecular flexibility index (Phi) is 4.95. The van der Waals surface area contributed by atoms with Crippen molar-refractivity contribution in [2.45, 2.75) is 33.6 Å². The van der Waals surface area contributed by atoms with Gasteiger partial charge in [-0.25, -0.2) is 4.79 Å². The van der Waals surface area contributed by atoms with E-state index in [0.717, 1.165) is 6.42 Å². The molecule has 0 aliphatic heterocycles. The highest BCUT2D eigenvalue weighted by Crippen LogP contribution is 2.18. The van der Waals surface area contributed by atoms with E-state index < -0.39 is 5.97 Å².